The second-order valence-electron chi connectivity index (χ2n) is 4.22. The highest BCUT2D eigenvalue weighted by molar-refractivity contribution is 5.96. The summed E-state index contributed by atoms with van der Waals surface area (Å²) in [7, 11) is 0. The average molecular weight is 321 g/mol. The number of hydrogen-bond acceptors (Lipinski definition) is 4. The van der Waals surface area contributed by atoms with Crippen molar-refractivity contribution >= 4 is 11.6 Å². The fraction of sp³-hybridized carbons (Fsp3) is 0.167. The Balaban J connectivity index is 2.28. The number of hydrazine groups is 1. The molecule has 0 aliphatic heterocycles. The van der Waals surface area contributed by atoms with E-state index >= 15 is 0 Å². The van der Waals surface area contributed by atoms with E-state index in [-0.39, 0.29) is 17.0 Å². The van der Waals surface area contributed by atoms with E-state index < -0.39 is 40.7 Å². The number of hydrogen-bond donors (Lipinski definition) is 2. The van der Waals surface area contributed by atoms with Crippen LogP contribution in [0, 0.1) is 42.9 Å². The second kappa shape index (κ2) is 5.62. The number of anilines is 1. The molecule has 1 aromatic heterocycles. The molecule has 0 atom stereocenters. The van der Waals surface area contributed by atoms with Crippen LogP contribution in [0.2, 0.25) is 0 Å². The van der Waals surface area contributed by atoms with Crippen LogP contribution in [0.25, 0.3) is 0 Å². The molecule has 0 bridgehead atoms. The van der Waals surface area contributed by atoms with Crippen molar-refractivity contribution in [1.29, 1.82) is 0 Å². The van der Waals surface area contributed by atoms with E-state index in [1.165, 1.54) is 13.8 Å². The van der Waals surface area contributed by atoms with E-state index in [4.69, 9.17) is 4.52 Å². The number of benzene rings is 1. The molecule has 2 rings (SSSR count). The van der Waals surface area contributed by atoms with Gasteiger partial charge >= 0.3 is 0 Å². The third kappa shape index (κ3) is 2.47. The molecule has 10 heteroatoms. The Bertz CT molecular complexity index is 711. The first kappa shape index (κ1) is 15.7. The molecule has 1 heterocycles. The first-order chi connectivity index (χ1) is 10.3. The molecule has 1 aromatic carbocycles. The Morgan fingerprint density at radius 2 is 1.45 bits per heavy atom. The van der Waals surface area contributed by atoms with Crippen molar-refractivity contribution in [1.82, 2.24) is 10.6 Å². The molecule has 22 heavy (non-hydrogen) atoms. The van der Waals surface area contributed by atoms with Gasteiger partial charge in [0.05, 0.1) is 5.69 Å². The van der Waals surface area contributed by atoms with E-state index in [1.54, 1.807) is 5.43 Å². The van der Waals surface area contributed by atoms with E-state index in [1.807, 2.05) is 5.43 Å². The highest BCUT2D eigenvalue weighted by Crippen LogP contribution is 2.26. The lowest BCUT2D eigenvalue weighted by Gasteiger charge is -2.11. The smallest absolute Gasteiger partial charge is 0.275 e. The van der Waals surface area contributed by atoms with Gasteiger partial charge in [-0.15, -0.1) is 0 Å². The summed E-state index contributed by atoms with van der Waals surface area (Å²) in [5, 5.41) is 3.49. The molecule has 2 N–H and O–H groups in total. The number of carbonyl (C=O) groups excluding carboxylic acids is 1. The van der Waals surface area contributed by atoms with Crippen LogP contribution in [0.1, 0.15) is 21.8 Å². The van der Waals surface area contributed by atoms with Crippen molar-refractivity contribution in [3.8, 4) is 0 Å². The van der Waals surface area contributed by atoms with Gasteiger partial charge in [0.25, 0.3) is 5.91 Å². The quantitative estimate of drug-likeness (QED) is 0.395. The van der Waals surface area contributed by atoms with Crippen LogP contribution in [-0.4, -0.2) is 11.1 Å². The lowest BCUT2D eigenvalue weighted by Crippen LogP contribution is -2.31. The van der Waals surface area contributed by atoms with E-state index in [0.29, 0.717) is 0 Å². The van der Waals surface area contributed by atoms with Gasteiger partial charge < -0.3 is 4.52 Å². The van der Waals surface area contributed by atoms with Gasteiger partial charge in [0.2, 0.25) is 5.82 Å². The molecule has 0 saturated carbocycles. The van der Waals surface area contributed by atoms with Gasteiger partial charge in [-0.2, -0.15) is 0 Å². The Labute approximate surface area is 120 Å². The monoisotopic (exact) mass is 321 g/mol. The largest absolute Gasteiger partial charge is 0.361 e. The first-order valence-corrected chi connectivity index (χ1v) is 5.76. The first-order valence-electron chi connectivity index (χ1n) is 5.76. The minimum atomic E-state index is -2.29. The number of carbonyl (C=O) groups is 1. The van der Waals surface area contributed by atoms with Crippen LogP contribution < -0.4 is 10.9 Å². The Hall–Kier alpha value is -2.65. The molecule has 0 spiro atoms. The lowest BCUT2D eigenvalue weighted by molar-refractivity contribution is 0.0960. The molecule has 118 valence electrons. The Morgan fingerprint density at radius 1 is 0.955 bits per heavy atom. The average Bonchev–Trinajstić information content (AvgIpc) is 2.82. The van der Waals surface area contributed by atoms with Crippen LogP contribution >= 0.6 is 0 Å². The summed E-state index contributed by atoms with van der Waals surface area (Å²) in [6.45, 7) is 2.84. The van der Waals surface area contributed by atoms with Gasteiger partial charge in [0, 0.05) is 0 Å². The van der Waals surface area contributed by atoms with Crippen molar-refractivity contribution in [3.63, 3.8) is 0 Å². The maximum Gasteiger partial charge on any atom is 0.275 e. The molecule has 0 aliphatic carbocycles. The second-order valence-corrected chi connectivity index (χ2v) is 4.22. The van der Waals surface area contributed by atoms with Crippen LogP contribution in [0.15, 0.2) is 4.52 Å². The van der Waals surface area contributed by atoms with E-state index in [2.05, 4.69) is 5.16 Å². The third-order valence-corrected chi connectivity index (χ3v) is 2.77. The van der Waals surface area contributed by atoms with Gasteiger partial charge in [-0.25, -0.2) is 22.0 Å². The molecule has 5 nitrogen and oxygen atoms in total. The van der Waals surface area contributed by atoms with Gasteiger partial charge in [0.1, 0.15) is 17.0 Å². The molecule has 0 saturated heterocycles. The van der Waals surface area contributed by atoms with Crippen molar-refractivity contribution < 1.29 is 31.3 Å². The molecule has 0 radical (unpaired) electrons. The van der Waals surface area contributed by atoms with Gasteiger partial charge in [-0.1, -0.05) is 5.16 Å². The predicted octanol–water partition coefficient (Wildman–Crippen LogP) is 2.74. The fourth-order valence-electron chi connectivity index (χ4n) is 1.70. The topological polar surface area (TPSA) is 67.2 Å². The molecule has 1 amide bonds. The van der Waals surface area contributed by atoms with Crippen molar-refractivity contribution in [2.45, 2.75) is 13.8 Å². The molecule has 2 aromatic rings. The zero-order valence-electron chi connectivity index (χ0n) is 11.2. The summed E-state index contributed by atoms with van der Waals surface area (Å²) in [6, 6.07) is 0. The number of nitrogens with one attached hydrogen (secondary N) is 2. The van der Waals surface area contributed by atoms with Gasteiger partial charge in [-0.05, 0) is 13.8 Å². The number of amides is 1. The summed E-state index contributed by atoms with van der Waals surface area (Å²) in [5.74, 6) is -11.6. The molecule has 0 aliphatic rings. The highest BCUT2D eigenvalue weighted by atomic mass is 19.2. The number of rotatable bonds is 3. The predicted molar refractivity (Wildman–Crippen MR) is 63.3 cm³/mol. The van der Waals surface area contributed by atoms with Crippen LogP contribution in [0.4, 0.5) is 27.6 Å². The molecule has 0 fully saturated rings. The maximum atomic E-state index is 13.4. The minimum Gasteiger partial charge on any atom is -0.361 e. The zero-order valence-corrected chi connectivity index (χ0v) is 11.2. The van der Waals surface area contributed by atoms with Crippen LogP contribution in [0.3, 0.4) is 0 Å². The van der Waals surface area contributed by atoms with E-state index in [0.717, 1.165) is 0 Å². The Morgan fingerprint density at radius 3 is 1.91 bits per heavy atom. The summed E-state index contributed by atoms with van der Waals surface area (Å²) >= 11 is 0. The maximum absolute atomic E-state index is 13.4. The highest BCUT2D eigenvalue weighted by Gasteiger charge is 2.26. The molecular weight excluding hydrogens is 313 g/mol. The summed E-state index contributed by atoms with van der Waals surface area (Å²) in [5.41, 5.74) is 2.26. The van der Waals surface area contributed by atoms with Gasteiger partial charge in [0.15, 0.2) is 23.3 Å². The third-order valence-electron chi connectivity index (χ3n) is 2.77. The lowest BCUT2D eigenvalue weighted by atomic mass is 10.2. The fourth-order valence-corrected chi connectivity index (χ4v) is 1.70. The number of halogens is 5. The van der Waals surface area contributed by atoms with Crippen molar-refractivity contribution in [2.75, 3.05) is 5.43 Å². The SMILES string of the molecule is Cc1noc(C)c1C(=O)NNc1c(F)c(F)c(F)c(F)c1F. The van der Waals surface area contributed by atoms with E-state index in [9.17, 15) is 26.7 Å². The summed E-state index contributed by atoms with van der Waals surface area (Å²) in [6.07, 6.45) is 0. The summed E-state index contributed by atoms with van der Waals surface area (Å²) < 4.78 is 70.3. The number of aryl methyl sites for hydroxylation is 2. The van der Waals surface area contributed by atoms with Gasteiger partial charge in [-0.3, -0.25) is 15.6 Å². The summed E-state index contributed by atoms with van der Waals surface area (Å²) in [4.78, 5) is 11.8. The zero-order chi connectivity index (χ0) is 16.6. The molecular formula is C12H8F5N3O2. The van der Waals surface area contributed by atoms with Crippen LogP contribution in [-0.2, 0) is 0 Å². The normalized spacial score (nSPS) is 10.7. The van der Waals surface area contributed by atoms with Crippen molar-refractivity contribution in [2.24, 2.45) is 0 Å². The Kier molecular flexibility index (Phi) is 4.02. The molecule has 0 unspecified atom stereocenters. The number of nitrogens with zero attached hydrogens (tertiary/aromatic N) is 1. The minimum absolute atomic E-state index is 0.0311. The van der Waals surface area contributed by atoms with Crippen LogP contribution in [0.5, 0.6) is 0 Å². The van der Waals surface area contributed by atoms with Crippen molar-refractivity contribution in [3.05, 3.63) is 46.1 Å². The standard InChI is InChI=1S/C12H8F5N3O2/c1-3-5(4(2)22-20-3)12(21)19-18-11-9(16)7(14)6(13)8(15)10(11)17/h18H,1-2H3,(H,19,21). The number of aromatic nitrogens is 1.